The van der Waals surface area contributed by atoms with Crippen molar-refractivity contribution in [2.75, 3.05) is 0 Å². The number of hydrogen-bond donors (Lipinski definition) is 0. The van der Waals surface area contributed by atoms with E-state index >= 15 is 0 Å². The topological polar surface area (TPSA) is 82.5 Å². The molecule has 22 heavy (non-hydrogen) atoms. The van der Waals surface area contributed by atoms with Crippen molar-refractivity contribution >= 4 is 0 Å². The van der Waals surface area contributed by atoms with E-state index in [1.165, 1.54) is 0 Å². The first kappa shape index (κ1) is 12.4. The van der Waals surface area contributed by atoms with E-state index in [2.05, 4.69) is 25.1 Å². The molecule has 7 heteroatoms. The van der Waals surface area contributed by atoms with E-state index in [9.17, 15) is 0 Å². The van der Waals surface area contributed by atoms with Gasteiger partial charge in [-0.3, -0.25) is 9.55 Å². The van der Waals surface area contributed by atoms with Gasteiger partial charge in [-0.05, 0) is 24.3 Å². The number of imidazole rings is 1. The highest BCUT2D eigenvalue weighted by molar-refractivity contribution is 5.60. The molecule has 0 aliphatic rings. The lowest BCUT2D eigenvalue weighted by molar-refractivity contribution is 0.432. The molecule has 4 rings (SSSR count). The third-order valence-electron chi connectivity index (χ3n) is 3.13. The van der Waals surface area contributed by atoms with E-state index in [1.807, 2.05) is 35.0 Å². The highest BCUT2D eigenvalue weighted by Crippen LogP contribution is 2.22. The van der Waals surface area contributed by atoms with Gasteiger partial charge in [0.05, 0.1) is 0 Å². The summed E-state index contributed by atoms with van der Waals surface area (Å²) in [6, 6.07) is 7.35. The summed E-state index contributed by atoms with van der Waals surface area (Å²) in [6.45, 7) is 0. The van der Waals surface area contributed by atoms with Crippen molar-refractivity contribution in [2.24, 2.45) is 0 Å². The quantitative estimate of drug-likeness (QED) is 0.576. The Labute approximate surface area is 125 Å². The van der Waals surface area contributed by atoms with Crippen LogP contribution in [0.1, 0.15) is 0 Å². The van der Waals surface area contributed by atoms with Gasteiger partial charge in [-0.15, -0.1) is 0 Å². The molecular formula is C15H10N6O. The molecule has 7 nitrogen and oxygen atoms in total. The minimum atomic E-state index is 0.440. The molecule has 4 heterocycles. The molecule has 0 spiro atoms. The fourth-order valence-electron chi connectivity index (χ4n) is 2.05. The summed E-state index contributed by atoms with van der Waals surface area (Å²) in [5.41, 5.74) is 1.65. The third kappa shape index (κ3) is 2.24. The lowest BCUT2D eigenvalue weighted by Gasteiger charge is -2.01. The zero-order valence-corrected chi connectivity index (χ0v) is 11.4. The average molecular weight is 290 g/mol. The molecular weight excluding hydrogens is 280 g/mol. The standard InChI is InChI=1S/C15H10N6O/c1-4-16-5-2-11(1)14-19-15(22-20-14)12-3-6-18-13(9-12)21-8-7-17-10-21/h1-10H. The van der Waals surface area contributed by atoms with Gasteiger partial charge >= 0.3 is 0 Å². The van der Waals surface area contributed by atoms with Crippen LogP contribution in [0.2, 0.25) is 0 Å². The third-order valence-corrected chi connectivity index (χ3v) is 3.13. The lowest BCUT2D eigenvalue weighted by Crippen LogP contribution is -1.94. The number of hydrogen-bond acceptors (Lipinski definition) is 6. The number of pyridine rings is 2. The number of rotatable bonds is 3. The van der Waals surface area contributed by atoms with Crippen LogP contribution in [-0.4, -0.2) is 29.7 Å². The highest BCUT2D eigenvalue weighted by Gasteiger charge is 2.11. The van der Waals surface area contributed by atoms with Crippen LogP contribution in [-0.2, 0) is 0 Å². The molecule has 4 aromatic rings. The van der Waals surface area contributed by atoms with E-state index < -0.39 is 0 Å². The second-order valence-corrected chi connectivity index (χ2v) is 4.53. The Morgan fingerprint density at radius 2 is 1.77 bits per heavy atom. The zero-order valence-electron chi connectivity index (χ0n) is 11.4. The van der Waals surface area contributed by atoms with E-state index in [0.717, 1.165) is 16.9 Å². The molecule has 0 bridgehead atoms. The minimum absolute atomic E-state index is 0.440. The smallest absolute Gasteiger partial charge is 0.258 e. The summed E-state index contributed by atoms with van der Waals surface area (Å²) in [4.78, 5) is 16.7. The second kappa shape index (κ2) is 5.21. The molecule has 0 N–H and O–H groups in total. The van der Waals surface area contributed by atoms with Crippen LogP contribution in [0.25, 0.3) is 28.7 Å². The summed E-state index contributed by atoms with van der Waals surface area (Å²) in [5, 5.41) is 4.00. The van der Waals surface area contributed by atoms with Gasteiger partial charge in [-0.2, -0.15) is 4.98 Å². The van der Waals surface area contributed by atoms with Gasteiger partial charge in [0.25, 0.3) is 5.89 Å². The van der Waals surface area contributed by atoms with Crippen LogP contribution in [0.3, 0.4) is 0 Å². The van der Waals surface area contributed by atoms with Crippen LogP contribution < -0.4 is 0 Å². The van der Waals surface area contributed by atoms with Crippen LogP contribution >= 0.6 is 0 Å². The van der Waals surface area contributed by atoms with Crippen LogP contribution in [0.5, 0.6) is 0 Å². The number of aromatic nitrogens is 6. The first-order chi connectivity index (χ1) is 10.9. The Kier molecular flexibility index (Phi) is 2.93. The fourth-order valence-corrected chi connectivity index (χ4v) is 2.05. The van der Waals surface area contributed by atoms with E-state index in [0.29, 0.717) is 11.7 Å². The maximum atomic E-state index is 5.34. The van der Waals surface area contributed by atoms with Gasteiger partial charge in [-0.25, -0.2) is 9.97 Å². The van der Waals surface area contributed by atoms with E-state index in [1.54, 1.807) is 31.1 Å². The van der Waals surface area contributed by atoms with Crippen LogP contribution in [0, 0.1) is 0 Å². The molecule has 0 atom stereocenters. The fraction of sp³-hybridized carbons (Fsp3) is 0. The summed E-state index contributed by atoms with van der Waals surface area (Å²) in [7, 11) is 0. The molecule has 0 saturated carbocycles. The van der Waals surface area contributed by atoms with Gasteiger partial charge in [0.1, 0.15) is 12.1 Å². The van der Waals surface area contributed by atoms with Crippen molar-refractivity contribution in [3.63, 3.8) is 0 Å². The first-order valence-corrected chi connectivity index (χ1v) is 6.59. The Bertz CT molecular complexity index is 885. The van der Waals surface area contributed by atoms with Crippen molar-refractivity contribution in [1.82, 2.24) is 29.7 Å². The zero-order chi connectivity index (χ0) is 14.8. The average Bonchev–Trinajstić information content (AvgIpc) is 3.28. The minimum Gasteiger partial charge on any atom is -0.334 e. The summed E-state index contributed by atoms with van der Waals surface area (Å²) >= 11 is 0. The van der Waals surface area contributed by atoms with E-state index in [4.69, 9.17) is 4.52 Å². The molecule has 0 radical (unpaired) electrons. The summed E-state index contributed by atoms with van der Waals surface area (Å²) < 4.78 is 7.15. The Morgan fingerprint density at radius 1 is 0.909 bits per heavy atom. The van der Waals surface area contributed by atoms with Gasteiger partial charge in [0.2, 0.25) is 5.82 Å². The maximum absolute atomic E-state index is 5.34. The molecule has 0 saturated heterocycles. The predicted molar refractivity (Wildman–Crippen MR) is 77.9 cm³/mol. The van der Waals surface area contributed by atoms with Gasteiger partial charge in [-0.1, -0.05) is 5.16 Å². The monoisotopic (exact) mass is 290 g/mol. The summed E-state index contributed by atoms with van der Waals surface area (Å²) in [5.74, 6) is 1.70. The molecule has 0 amide bonds. The summed E-state index contributed by atoms with van der Waals surface area (Å²) in [6.07, 6.45) is 10.3. The van der Waals surface area contributed by atoms with E-state index in [-0.39, 0.29) is 0 Å². The van der Waals surface area contributed by atoms with Crippen molar-refractivity contribution in [2.45, 2.75) is 0 Å². The second-order valence-electron chi connectivity index (χ2n) is 4.53. The highest BCUT2D eigenvalue weighted by atomic mass is 16.5. The van der Waals surface area contributed by atoms with Crippen molar-refractivity contribution in [1.29, 1.82) is 0 Å². The Morgan fingerprint density at radius 3 is 2.59 bits per heavy atom. The SMILES string of the molecule is c1cc(-c2noc(-c3ccnc(-n4ccnc4)c3)n2)ccn1. The molecule has 0 aliphatic heterocycles. The van der Waals surface area contributed by atoms with Gasteiger partial charge < -0.3 is 4.52 Å². The molecule has 0 unspecified atom stereocenters. The molecule has 0 fully saturated rings. The van der Waals surface area contributed by atoms with Crippen molar-refractivity contribution in [3.05, 3.63) is 61.6 Å². The van der Waals surface area contributed by atoms with Gasteiger partial charge in [0, 0.05) is 42.1 Å². The largest absolute Gasteiger partial charge is 0.334 e. The predicted octanol–water partition coefficient (Wildman–Crippen LogP) is 2.38. The number of nitrogens with zero attached hydrogens (tertiary/aromatic N) is 6. The lowest BCUT2D eigenvalue weighted by atomic mass is 10.2. The van der Waals surface area contributed by atoms with Crippen LogP contribution in [0.4, 0.5) is 0 Å². The first-order valence-electron chi connectivity index (χ1n) is 6.59. The Hall–Kier alpha value is -3.35. The maximum Gasteiger partial charge on any atom is 0.258 e. The van der Waals surface area contributed by atoms with Crippen LogP contribution in [0.15, 0.2) is 66.1 Å². The molecule has 0 aromatic carbocycles. The molecule has 0 aliphatic carbocycles. The molecule has 4 aromatic heterocycles. The Balaban J connectivity index is 1.71. The van der Waals surface area contributed by atoms with Crippen molar-refractivity contribution < 1.29 is 4.52 Å². The molecule has 106 valence electrons. The van der Waals surface area contributed by atoms with Gasteiger partial charge in [0.15, 0.2) is 0 Å². The normalized spacial score (nSPS) is 10.7. The van der Waals surface area contributed by atoms with Crippen molar-refractivity contribution in [3.8, 4) is 28.7 Å².